The lowest BCUT2D eigenvalue weighted by Crippen LogP contribution is -2.66. The quantitative estimate of drug-likeness (QED) is 0.0672. The summed E-state index contributed by atoms with van der Waals surface area (Å²) in [6.45, 7) is 5.53. The van der Waals surface area contributed by atoms with Crippen LogP contribution in [0.5, 0.6) is 0 Å². The van der Waals surface area contributed by atoms with Crippen molar-refractivity contribution in [3.05, 3.63) is 0 Å². The van der Waals surface area contributed by atoms with E-state index in [2.05, 4.69) is 9.47 Å². The number of carbonyl (C=O) groups is 4. The van der Waals surface area contributed by atoms with Gasteiger partial charge in [0, 0.05) is 12.8 Å². The molecule has 0 heterocycles. The Morgan fingerprint density at radius 1 is 0.529 bits per heavy atom. The predicted molar refractivity (Wildman–Crippen MR) is 200 cm³/mol. The fourth-order valence-electron chi connectivity index (χ4n) is 13.1. The van der Waals surface area contributed by atoms with Crippen LogP contribution in [0.2, 0.25) is 0 Å². The van der Waals surface area contributed by atoms with Gasteiger partial charge in [-0.3, -0.25) is 19.2 Å². The van der Waals surface area contributed by atoms with Crippen molar-refractivity contribution in [3.63, 3.8) is 0 Å². The molecule has 0 aromatic carbocycles. The van der Waals surface area contributed by atoms with Crippen LogP contribution in [0.25, 0.3) is 0 Å². The summed E-state index contributed by atoms with van der Waals surface area (Å²) >= 11 is 0. The summed E-state index contributed by atoms with van der Waals surface area (Å²) in [5, 5.41) is 0. The lowest BCUT2D eigenvalue weighted by atomic mass is 9.47. The summed E-state index contributed by atoms with van der Waals surface area (Å²) < 4.78 is 259. The van der Waals surface area contributed by atoms with E-state index in [1.807, 2.05) is 0 Å². The van der Waals surface area contributed by atoms with E-state index in [1.165, 1.54) is 27.7 Å². The van der Waals surface area contributed by atoms with Crippen LogP contribution < -0.4 is 0 Å². The molecule has 0 aromatic heterocycles. The highest BCUT2D eigenvalue weighted by Crippen LogP contribution is 2.66. The number of ether oxygens (including phenoxy) is 4. The molecule has 0 amide bonds. The van der Waals surface area contributed by atoms with E-state index in [-0.39, 0.29) is 57.8 Å². The second-order valence-electron chi connectivity index (χ2n) is 21.4. The van der Waals surface area contributed by atoms with Gasteiger partial charge in [-0.05, 0) is 121 Å². The average molecular weight is 1040 g/mol. The molecule has 14 nitrogen and oxygen atoms in total. The van der Waals surface area contributed by atoms with Gasteiger partial charge in [-0.25, -0.2) is 16.8 Å². The highest BCUT2D eigenvalue weighted by Gasteiger charge is 2.78. The Morgan fingerprint density at radius 2 is 0.824 bits per heavy atom. The molecule has 390 valence electrons. The van der Waals surface area contributed by atoms with Gasteiger partial charge >= 0.3 is 59.8 Å². The van der Waals surface area contributed by atoms with Crippen LogP contribution in [0.1, 0.15) is 118 Å². The number of rotatable bonds is 15. The Bertz CT molecular complexity index is 2230. The Balaban J connectivity index is 1.21. The Labute approximate surface area is 381 Å². The van der Waals surface area contributed by atoms with Crippen LogP contribution in [0.15, 0.2) is 0 Å². The number of alkyl halides is 12. The SMILES string of the molecule is CCC(C)(CC(C)(C)C(=O)OC12CC3CC(C1)CC(C(=O)OC(CS(=O)(=O)[O-])(C(F)(F)F)C(F)(F)F)(C3)C2)C(=O)OC12CC3CC(C1)CC(C(=O)OC(CS(=O)(=O)[O-])(C(F)(F)F)C(F)(F)F)(C3)C2. The summed E-state index contributed by atoms with van der Waals surface area (Å²) in [7, 11) is -12.7. The fourth-order valence-corrected chi connectivity index (χ4v) is 14.9. The van der Waals surface area contributed by atoms with Crippen molar-refractivity contribution in [3.8, 4) is 0 Å². The smallest absolute Gasteiger partial charge is 0.438 e. The largest absolute Gasteiger partial charge is 0.748 e. The minimum atomic E-state index is -6.63. The highest BCUT2D eigenvalue weighted by atomic mass is 32.2. The molecule has 0 aliphatic heterocycles. The molecule has 0 N–H and O–H groups in total. The van der Waals surface area contributed by atoms with Gasteiger partial charge < -0.3 is 28.1 Å². The normalized spacial score (nSPS) is 32.9. The zero-order valence-corrected chi connectivity index (χ0v) is 38.3. The second-order valence-corrected chi connectivity index (χ2v) is 24.2. The van der Waals surface area contributed by atoms with Crippen molar-refractivity contribution < 1.29 is 117 Å². The first-order chi connectivity index (χ1) is 30.3. The first-order valence-corrected chi connectivity index (χ1v) is 24.6. The molecule has 8 fully saturated rings. The molecule has 68 heavy (non-hydrogen) atoms. The summed E-state index contributed by atoms with van der Waals surface area (Å²) in [5.41, 5.74) is -22.5. The summed E-state index contributed by atoms with van der Waals surface area (Å²) in [6, 6.07) is 0. The van der Waals surface area contributed by atoms with Gasteiger partial charge in [-0.1, -0.05) is 6.92 Å². The van der Waals surface area contributed by atoms with Crippen LogP contribution in [-0.4, -0.2) is 108 Å². The van der Waals surface area contributed by atoms with E-state index < -0.39 is 167 Å². The number of hydrogen-bond donors (Lipinski definition) is 0. The lowest BCUT2D eigenvalue weighted by molar-refractivity contribution is -0.365. The van der Waals surface area contributed by atoms with Crippen molar-refractivity contribution in [1.29, 1.82) is 0 Å². The summed E-state index contributed by atoms with van der Waals surface area (Å²) in [4.78, 5) is 55.9. The van der Waals surface area contributed by atoms with E-state index >= 15 is 0 Å². The molecule has 8 aliphatic rings. The van der Waals surface area contributed by atoms with Gasteiger partial charge in [-0.2, -0.15) is 52.7 Å². The second kappa shape index (κ2) is 16.2. The van der Waals surface area contributed by atoms with E-state index in [9.17, 15) is 97.8 Å². The van der Waals surface area contributed by atoms with Gasteiger partial charge in [0.2, 0.25) is 0 Å². The molecule has 8 rings (SSSR count). The third-order valence-corrected chi connectivity index (χ3v) is 16.8. The van der Waals surface area contributed by atoms with Gasteiger partial charge in [0.15, 0.2) is 0 Å². The molecule has 28 heteroatoms. The van der Waals surface area contributed by atoms with Gasteiger partial charge in [0.05, 0.1) is 53.4 Å². The number of carbonyl (C=O) groups excluding carboxylic acids is 4. The minimum absolute atomic E-state index is 0.000854. The average Bonchev–Trinajstić information content (AvgIpc) is 3.09. The molecule has 8 saturated carbocycles. The number of hydrogen-bond acceptors (Lipinski definition) is 14. The third-order valence-electron chi connectivity index (χ3n) is 15.3. The van der Waals surface area contributed by atoms with Gasteiger partial charge in [0.1, 0.15) is 11.2 Å². The first-order valence-electron chi connectivity index (χ1n) is 21.4. The summed E-state index contributed by atoms with van der Waals surface area (Å²) in [6.07, 6.45) is -28.9. The molecule has 8 aliphatic carbocycles. The molecule has 5 atom stereocenters. The highest BCUT2D eigenvalue weighted by molar-refractivity contribution is 7.86. The minimum Gasteiger partial charge on any atom is -0.748 e. The topological polar surface area (TPSA) is 220 Å². The molecular weight excluding hydrogens is 997 g/mol. The first kappa shape index (κ1) is 54.2. The van der Waals surface area contributed by atoms with Crippen molar-refractivity contribution in [2.45, 2.75) is 165 Å². The van der Waals surface area contributed by atoms with Gasteiger partial charge in [-0.15, -0.1) is 0 Å². The zero-order valence-electron chi connectivity index (χ0n) is 36.7. The van der Waals surface area contributed by atoms with Crippen LogP contribution in [0.4, 0.5) is 52.7 Å². The van der Waals surface area contributed by atoms with Crippen molar-refractivity contribution >= 4 is 44.1 Å². The van der Waals surface area contributed by atoms with E-state index in [1.54, 1.807) is 0 Å². The Morgan fingerprint density at radius 3 is 1.09 bits per heavy atom. The van der Waals surface area contributed by atoms with E-state index in [4.69, 9.17) is 9.47 Å². The van der Waals surface area contributed by atoms with Crippen LogP contribution in [-0.2, 0) is 58.4 Å². The van der Waals surface area contributed by atoms with E-state index in [0.29, 0.717) is 12.8 Å². The number of esters is 4. The lowest BCUT2D eigenvalue weighted by Gasteiger charge is -2.60. The molecule has 0 saturated heterocycles. The van der Waals surface area contributed by atoms with E-state index in [0.717, 1.165) is 0 Å². The maximum Gasteiger partial charge on any atom is 0.438 e. The molecule has 0 radical (unpaired) electrons. The monoisotopic (exact) mass is 1040 g/mol. The molecule has 0 aromatic rings. The third kappa shape index (κ3) is 9.65. The van der Waals surface area contributed by atoms with Crippen molar-refractivity contribution in [2.24, 2.45) is 45.3 Å². The molecular formula is C40H48F12O14S2-2. The van der Waals surface area contributed by atoms with Crippen molar-refractivity contribution in [1.82, 2.24) is 0 Å². The molecule has 5 unspecified atom stereocenters. The molecule has 8 bridgehead atoms. The van der Waals surface area contributed by atoms with Crippen LogP contribution >= 0.6 is 0 Å². The fraction of sp³-hybridized carbons (Fsp3) is 0.900. The van der Waals surface area contributed by atoms with Crippen LogP contribution in [0, 0.1) is 45.3 Å². The van der Waals surface area contributed by atoms with Crippen molar-refractivity contribution in [2.75, 3.05) is 11.5 Å². The zero-order chi connectivity index (χ0) is 51.8. The van der Waals surface area contributed by atoms with Gasteiger partial charge in [0.25, 0.3) is 0 Å². The Hall–Kier alpha value is -3.14. The van der Waals surface area contributed by atoms with Crippen LogP contribution in [0.3, 0.4) is 0 Å². The Kier molecular flexibility index (Phi) is 12.9. The summed E-state index contributed by atoms with van der Waals surface area (Å²) in [5.74, 6) is -15.1. The predicted octanol–water partition coefficient (Wildman–Crippen LogP) is 7.49. The number of halogens is 12. The molecule has 0 spiro atoms. The maximum absolute atomic E-state index is 14.3. The standard InChI is InChI=1S/C40H50F12O14S2/c1-5-30(4,26(54)64-34-14-23-7-24(15-34)11-32(10-23,18-34)28(56)66-36(39(47,48)49,40(50,51)52)20-68(60,61)62)16-29(2,3)25(53)63-33-12-21-6-22(13-33)9-31(8-21,17-33)27(55)65-35(37(41,42)43,38(44,45)46)19-67(57,58)59/h21-24H,5-20H2,1-4H3,(H,57,58,59)(H,60,61,62)/p-2. The maximum atomic E-state index is 14.3.